The summed E-state index contributed by atoms with van der Waals surface area (Å²) < 4.78 is 49.8. The van der Waals surface area contributed by atoms with Crippen LogP contribution in [0, 0.1) is 11.3 Å². The molecule has 3 aromatic carbocycles. The second-order valence-corrected chi connectivity index (χ2v) is 7.28. The number of methoxy groups -OCH3 is 1. The Kier molecular flexibility index (Phi) is 8.30. The van der Waals surface area contributed by atoms with Crippen molar-refractivity contribution in [3.05, 3.63) is 89.5 Å². The number of hydrogen-bond acceptors (Lipinski definition) is 5. The quantitative estimate of drug-likeness (QED) is 0.327. The highest BCUT2D eigenvalue weighted by atomic mass is 19.4. The maximum Gasteiger partial charge on any atom is 0.416 e. The Morgan fingerprint density at radius 2 is 1.67 bits per heavy atom. The van der Waals surface area contributed by atoms with E-state index in [-0.39, 0.29) is 22.7 Å². The van der Waals surface area contributed by atoms with Gasteiger partial charge < -0.3 is 20.1 Å². The number of carbonyl (C=O) groups is 2. The van der Waals surface area contributed by atoms with Gasteiger partial charge in [-0.15, -0.1) is 0 Å². The summed E-state index contributed by atoms with van der Waals surface area (Å²) in [5.74, 6) is -1.04. The smallest absolute Gasteiger partial charge is 0.416 e. The van der Waals surface area contributed by atoms with Crippen LogP contribution < -0.4 is 20.1 Å². The summed E-state index contributed by atoms with van der Waals surface area (Å²) >= 11 is 0. The fourth-order valence-electron chi connectivity index (χ4n) is 3.09. The van der Waals surface area contributed by atoms with Crippen LogP contribution >= 0.6 is 0 Å². The van der Waals surface area contributed by atoms with E-state index in [1.54, 1.807) is 48.5 Å². The second-order valence-electron chi connectivity index (χ2n) is 7.28. The number of rotatable bonds is 8. The standard InChI is InChI=1S/C26H20F3N3O4/c1-35-22-12-5-7-17(24(22)36-16-23(33)31-20-9-3-2-4-10-20)13-18(15-30)25(34)32-21-11-6-8-19(14-21)26(27,28)29/h2-14H,16H2,1H3,(H,31,33)(H,32,34)/b18-13-. The molecule has 0 heterocycles. The molecule has 0 spiro atoms. The lowest BCUT2D eigenvalue weighted by molar-refractivity contribution is -0.137. The first-order chi connectivity index (χ1) is 17.2. The number of carbonyl (C=O) groups excluding carboxylic acids is 2. The lowest BCUT2D eigenvalue weighted by atomic mass is 10.1. The zero-order valence-corrected chi connectivity index (χ0v) is 18.9. The first-order valence-electron chi connectivity index (χ1n) is 10.5. The van der Waals surface area contributed by atoms with E-state index < -0.39 is 35.7 Å². The van der Waals surface area contributed by atoms with Crippen LogP contribution in [-0.2, 0) is 15.8 Å². The summed E-state index contributed by atoms with van der Waals surface area (Å²) in [6.45, 7) is -0.394. The lowest BCUT2D eigenvalue weighted by Crippen LogP contribution is -2.20. The van der Waals surface area contributed by atoms with Crippen LogP contribution in [0.1, 0.15) is 11.1 Å². The average Bonchev–Trinajstić information content (AvgIpc) is 2.86. The minimum absolute atomic E-state index is 0.0998. The van der Waals surface area contributed by atoms with Crippen LogP contribution in [0.25, 0.3) is 6.08 Å². The molecule has 0 aromatic heterocycles. The molecule has 0 aliphatic rings. The molecule has 0 unspecified atom stereocenters. The van der Waals surface area contributed by atoms with Crippen LogP contribution in [0.3, 0.4) is 0 Å². The molecule has 36 heavy (non-hydrogen) atoms. The Labute approximate surface area is 204 Å². The summed E-state index contributed by atoms with van der Waals surface area (Å²) in [4.78, 5) is 24.9. The van der Waals surface area contributed by atoms with E-state index >= 15 is 0 Å². The third kappa shape index (κ3) is 6.87. The van der Waals surface area contributed by atoms with Crippen molar-refractivity contribution < 1.29 is 32.2 Å². The maximum atomic E-state index is 13.0. The number of alkyl halides is 3. The van der Waals surface area contributed by atoms with Gasteiger partial charge in [0.15, 0.2) is 18.1 Å². The summed E-state index contributed by atoms with van der Waals surface area (Å²) in [5, 5.41) is 14.5. The molecule has 0 saturated carbocycles. The number of amides is 2. The van der Waals surface area contributed by atoms with Gasteiger partial charge in [0, 0.05) is 16.9 Å². The number of nitrogens with one attached hydrogen (secondary N) is 2. The third-order valence-electron chi connectivity index (χ3n) is 4.75. The molecule has 0 saturated heterocycles. The normalized spacial score (nSPS) is 11.2. The molecule has 3 rings (SSSR count). The number of nitrogens with zero attached hydrogens (tertiary/aromatic N) is 1. The molecule has 10 heteroatoms. The Morgan fingerprint density at radius 3 is 2.33 bits per heavy atom. The van der Waals surface area contributed by atoms with Crippen molar-refractivity contribution in [2.75, 3.05) is 24.4 Å². The van der Waals surface area contributed by atoms with Crippen LogP contribution in [0.2, 0.25) is 0 Å². The van der Waals surface area contributed by atoms with Crippen LogP contribution in [0.15, 0.2) is 78.4 Å². The van der Waals surface area contributed by atoms with Crippen molar-refractivity contribution >= 4 is 29.3 Å². The molecule has 0 atom stereocenters. The van der Waals surface area contributed by atoms with Gasteiger partial charge in [-0.25, -0.2) is 0 Å². The van der Waals surface area contributed by atoms with Gasteiger partial charge in [-0.05, 0) is 42.5 Å². The van der Waals surface area contributed by atoms with Gasteiger partial charge in [0.1, 0.15) is 11.6 Å². The third-order valence-corrected chi connectivity index (χ3v) is 4.75. The van der Waals surface area contributed by atoms with E-state index in [0.717, 1.165) is 18.2 Å². The van der Waals surface area contributed by atoms with Gasteiger partial charge in [0.25, 0.3) is 11.8 Å². The fourth-order valence-corrected chi connectivity index (χ4v) is 3.09. The van der Waals surface area contributed by atoms with Crippen molar-refractivity contribution in [3.8, 4) is 17.6 Å². The van der Waals surface area contributed by atoms with Crippen molar-refractivity contribution in [1.29, 1.82) is 5.26 Å². The van der Waals surface area contributed by atoms with Crippen molar-refractivity contribution in [3.63, 3.8) is 0 Å². The summed E-state index contributed by atoms with van der Waals surface area (Å²) in [7, 11) is 1.38. The number of halogens is 3. The van der Waals surface area contributed by atoms with Gasteiger partial charge in [-0.1, -0.05) is 36.4 Å². The minimum atomic E-state index is -4.59. The Morgan fingerprint density at radius 1 is 0.972 bits per heavy atom. The Hall–Kier alpha value is -4.78. The van der Waals surface area contributed by atoms with Crippen molar-refractivity contribution in [1.82, 2.24) is 0 Å². The predicted octanol–water partition coefficient (Wildman–Crippen LogP) is 5.28. The zero-order chi connectivity index (χ0) is 26.1. The Bertz CT molecular complexity index is 1320. The van der Waals surface area contributed by atoms with Crippen molar-refractivity contribution in [2.45, 2.75) is 6.18 Å². The molecule has 7 nitrogen and oxygen atoms in total. The molecule has 0 fully saturated rings. The molecule has 0 radical (unpaired) electrons. The first kappa shape index (κ1) is 25.8. The highest BCUT2D eigenvalue weighted by Gasteiger charge is 2.30. The van der Waals surface area contributed by atoms with Gasteiger partial charge in [-0.3, -0.25) is 9.59 Å². The number of hydrogen-bond donors (Lipinski definition) is 2. The van der Waals surface area contributed by atoms with E-state index in [1.807, 2.05) is 0 Å². The summed E-state index contributed by atoms with van der Waals surface area (Å²) in [5.41, 5.74) is -0.656. The number of nitriles is 1. The van der Waals surface area contributed by atoms with E-state index in [2.05, 4.69) is 10.6 Å². The summed E-state index contributed by atoms with van der Waals surface area (Å²) in [6, 6.07) is 19.2. The monoisotopic (exact) mass is 495 g/mol. The molecular formula is C26H20F3N3O4. The van der Waals surface area contributed by atoms with Gasteiger partial charge in [0.2, 0.25) is 0 Å². The molecule has 0 aliphatic heterocycles. The molecule has 184 valence electrons. The molecule has 3 aromatic rings. The van der Waals surface area contributed by atoms with Crippen LogP contribution in [0.4, 0.5) is 24.5 Å². The molecule has 2 amide bonds. The van der Waals surface area contributed by atoms with Crippen LogP contribution in [0.5, 0.6) is 11.5 Å². The van der Waals surface area contributed by atoms with E-state index in [4.69, 9.17) is 9.47 Å². The Balaban J connectivity index is 1.81. The maximum absolute atomic E-state index is 13.0. The van der Waals surface area contributed by atoms with Gasteiger partial charge in [0.05, 0.1) is 12.7 Å². The predicted molar refractivity (Wildman–Crippen MR) is 127 cm³/mol. The molecule has 0 bridgehead atoms. The zero-order valence-electron chi connectivity index (χ0n) is 18.9. The average molecular weight is 495 g/mol. The topological polar surface area (TPSA) is 100 Å². The van der Waals surface area contributed by atoms with E-state index in [9.17, 15) is 28.0 Å². The van der Waals surface area contributed by atoms with E-state index in [1.165, 1.54) is 25.3 Å². The molecule has 2 N–H and O–H groups in total. The first-order valence-corrected chi connectivity index (χ1v) is 10.5. The minimum Gasteiger partial charge on any atom is -0.493 e. The highest BCUT2D eigenvalue weighted by Crippen LogP contribution is 2.33. The van der Waals surface area contributed by atoms with Gasteiger partial charge >= 0.3 is 6.18 Å². The second kappa shape index (κ2) is 11.6. The number of benzene rings is 3. The van der Waals surface area contributed by atoms with E-state index in [0.29, 0.717) is 5.69 Å². The number of anilines is 2. The number of ether oxygens (including phenoxy) is 2. The van der Waals surface area contributed by atoms with Crippen LogP contribution in [-0.4, -0.2) is 25.5 Å². The fraction of sp³-hybridized carbons (Fsp3) is 0.115. The number of para-hydroxylation sites is 2. The van der Waals surface area contributed by atoms with Gasteiger partial charge in [-0.2, -0.15) is 18.4 Å². The summed E-state index contributed by atoms with van der Waals surface area (Å²) in [6.07, 6.45) is -3.40. The van der Waals surface area contributed by atoms with Crippen molar-refractivity contribution in [2.24, 2.45) is 0 Å². The SMILES string of the molecule is COc1cccc(/C=C(/C#N)C(=O)Nc2cccc(C(F)(F)F)c2)c1OCC(=O)Nc1ccccc1. The molecular weight excluding hydrogens is 475 g/mol. The molecule has 0 aliphatic carbocycles. The highest BCUT2D eigenvalue weighted by molar-refractivity contribution is 6.10. The lowest BCUT2D eigenvalue weighted by Gasteiger charge is -2.14. The largest absolute Gasteiger partial charge is 0.493 e.